The number of nitrogens with two attached hydrogens (primary N) is 2. The molecule has 2 amide bonds. The Bertz CT molecular complexity index is 6890. The van der Waals surface area contributed by atoms with E-state index in [0.29, 0.717) is 85.6 Å². The number of hydrogen-bond acceptors (Lipinski definition) is 26. The minimum Gasteiger partial charge on any atom is -0.462 e. The number of fused-ring (bicyclic) bond motifs is 5. The van der Waals surface area contributed by atoms with Crippen molar-refractivity contribution < 1.29 is 88.6 Å². The number of aryl methyl sites for hydroxylation is 5. The van der Waals surface area contributed by atoms with Crippen LogP contribution in [0.5, 0.6) is 0 Å². The third-order valence-corrected chi connectivity index (χ3v) is 23.9. The average Bonchev–Trinajstić information content (AvgIpc) is 1.60. The summed E-state index contributed by atoms with van der Waals surface area (Å²) in [5.41, 5.74) is 17.1. The number of aromatic nitrogens is 15. The predicted molar refractivity (Wildman–Crippen MR) is 466 cm³/mol. The molecule has 15 heterocycles. The van der Waals surface area contributed by atoms with E-state index >= 15 is 0 Å². The van der Waals surface area contributed by atoms with Crippen LogP contribution < -0.4 is 36.0 Å². The van der Waals surface area contributed by atoms with E-state index in [9.17, 15) is 94.3 Å². The second-order valence-electron chi connectivity index (χ2n) is 32.9. The molecule has 0 aliphatic carbocycles. The lowest BCUT2D eigenvalue weighted by atomic mass is 10.0. The number of ether oxygens (including phenoxy) is 1. The summed E-state index contributed by atoms with van der Waals surface area (Å²) in [6, 6.07) is 25.9. The van der Waals surface area contributed by atoms with Gasteiger partial charge in [0.25, 0.3) is 11.8 Å². The molecule has 0 bridgehead atoms. The Labute approximate surface area is 760 Å². The standard InChI is InChI=1S/C20H20F2N4O3.2C18H17F2N5O2.2C18H15F2N5O/c1-3-29-20(28)18-11(2)24-26-7-6-17(23-19(18)26)25-10-13(27)9-16(25)14-8-12(21)4-5-15(14)22;2*1-9-16(17(21)27)18-22-15(4-5-25(18)23-9)24-8-11(26)7-14(24)12-6-10(19)2-3-13(12)20;2*1-10-14(8-21)18-22-17(4-5-25(18)23-10)24-9-12(26)7-16(24)13-6-11(19)2-3-15(13)20/h4-8,13,16,27H,3,9-10H2,1-2H3;2*2-6,11,14,26H,7-8H2,1H3,(H2,21,27);2*2-6,12,16,26H,7,9H2,1H3/t13-,16?;11-,14+;11-,14-;12-,16+;12-,16-/m00000/s1. The highest BCUT2D eigenvalue weighted by Gasteiger charge is 2.42. The van der Waals surface area contributed by atoms with Gasteiger partial charge in [-0.05, 0) is 195 Å². The molecule has 135 heavy (non-hydrogen) atoms. The highest BCUT2D eigenvalue weighted by molar-refractivity contribution is 6.01. The number of primary amides is 2. The molecule has 5 saturated heterocycles. The van der Waals surface area contributed by atoms with Crippen LogP contribution in [0.15, 0.2) is 152 Å². The topological polar surface area (TPSA) is 428 Å². The molecule has 33 nitrogen and oxygen atoms in total. The monoisotopic (exact) mass is 1860 g/mol. The van der Waals surface area contributed by atoms with Crippen LogP contribution >= 0.6 is 0 Å². The Morgan fingerprint density at radius 1 is 0.348 bits per heavy atom. The van der Waals surface area contributed by atoms with Crippen molar-refractivity contribution in [2.75, 3.05) is 63.8 Å². The maximum atomic E-state index is 14.4. The maximum Gasteiger partial charge on any atom is 0.343 e. The molecule has 0 saturated carbocycles. The van der Waals surface area contributed by atoms with Crippen molar-refractivity contribution >= 4 is 75.1 Å². The van der Waals surface area contributed by atoms with Crippen molar-refractivity contribution in [1.29, 1.82) is 10.5 Å². The van der Waals surface area contributed by atoms with Crippen LogP contribution in [0.1, 0.15) is 168 Å². The minimum atomic E-state index is -0.725. The van der Waals surface area contributed by atoms with Crippen molar-refractivity contribution in [2.24, 2.45) is 11.5 Å². The van der Waals surface area contributed by atoms with E-state index in [-0.39, 0.29) is 127 Å². The Hall–Kier alpha value is -15.3. The minimum absolute atomic E-state index is 0.146. The zero-order chi connectivity index (χ0) is 96.1. The molecule has 0 spiro atoms. The van der Waals surface area contributed by atoms with E-state index in [1.807, 2.05) is 0 Å². The van der Waals surface area contributed by atoms with Crippen LogP contribution in [0.25, 0.3) is 28.2 Å². The molecule has 20 rings (SSSR count). The Morgan fingerprint density at radius 3 is 0.793 bits per heavy atom. The Balaban J connectivity index is 0.000000123. The number of β-amino-alcohol motifs (C(OH)–C–C–N with tert-alkyl or cyclic N) is 5. The van der Waals surface area contributed by atoms with Crippen molar-refractivity contribution in [3.63, 3.8) is 0 Å². The molecule has 5 aromatic carbocycles. The summed E-state index contributed by atoms with van der Waals surface area (Å²) < 4.78 is 152. The van der Waals surface area contributed by atoms with Crippen molar-refractivity contribution in [1.82, 2.24) is 73.0 Å². The lowest BCUT2D eigenvalue weighted by Gasteiger charge is -2.26. The first-order valence-corrected chi connectivity index (χ1v) is 42.4. The SMILES string of the molecule is CCOC(=O)c1c(C)nn2ccc(N3C[C@@H](O)CC3c3cc(F)ccc3F)nc12.Cc1nn2ccc(N3C[C@@H](O)C[C@@H]3c3cc(F)ccc3F)nc2c1C#N.Cc1nn2ccc(N3C[C@@H](O)C[C@@H]3c3cc(F)ccc3F)nc2c1C(N)=O.Cc1nn2ccc(N3C[C@@H](O)C[C@H]3c3cc(F)ccc3F)nc2c1C#N.Cc1nn2ccc(N3C[C@@H](O)C[C@H]3c3cc(F)ccc3F)nc2c1C(N)=O. The molecule has 5 aliphatic heterocycles. The number of halogens is 10. The van der Waals surface area contributed by atoms with E-state index in [4.69, 9.17) is 16.2 Å². The van der Waals surface area contributed by atoms with Crippen molar-refractivity contribution in [3.8, 4) is 12.1 Å². The average molecular weight is 1860 g/mol. The Morgan fingerprint density at radius 2 is 0.563 bits per heavy atom. The van der Waals surface area contributed by atoms with Gasteiger partial charge in [0.05, 0.1) is 95.8 Å². The highest BCUT2D eigenvalue weighted by Crippen LogP contribution is 2.44. The fourth-order valence-corrected chi connectivity index (χ4v) is 17.9. The van der Waals surface area contributed by atoms with Crippen LogP contribution in [0.2, 0.25) is 0 Å². The van der Waals surface area contributed by atoms with E-state index in [1.165, 1.54) is 22.6 Å². The lowest BCUT2D eigenvalue weighted by Crippen LogP contribution is -2.26. The number of aliphatic hydroxyl groups excluding tert-OH is 5. The van der Waals surface area contributed by atoms with Gasteiger partial charge >= 0.3 is 5.97 Å². The number of amides is 2. The Kier molecular flexibility index (Phi) is 26.2. The third-order valence-electron chi connectivity index (χ3n) is 23.9. The van der Waals surface area contributed by atoms with Gasteiger partial charge in [0.15, 0.2) is 28.2 Å². The normalized spacial score (nSPS) is 19.7. The second-order valence-corrected chi connectivity index (χ2v) is 32.9. The summed E-state index contributed by atoms with van der Waals surface area (Å²) in [5, 5.41) is 90.4. The molecule has 15 aromatic rings. The van der Waals surface area contributed by atoms with Gasteiger partial charge in [-0.15, -0.1) is 0 Å². The molecule has 5 aliphatic rings. The summed E-state index contributed by atoms with van der Waals surface area (Å²) in [7, 11) is 0. The van der Waals surface area contributed by atoms with Gasteiger partial charge in [-0.3, -0.25) is 9.59 Å². The zero-order valence-electron chi connectivity index (χ0n) is 72.6. The molecule has 10 atom stereocenters. The van der Waals surface area contributed by atoms with Gasteiger partial charge < -0.3 is 66.2 Å². The number of anilines is 5. The van der Waals surface area contributed by atoms with Crippen molar-refractivity contribution in [2.45, 2.75) is 134 Å². The van der Waals surface area contributed by atoms with Gasteiger partial charge in [0.2, 0.25) is 0 Å². The molecule has 0 radical (unpaired) electrons. The van der Waals surface area contributed by atoms with Crippen LogP contribution in [0.3, 0.4) is 0 Å². The first-order valence-electron chi connectivity index (χ1n) is 42.4. The van der Waals surface area contributed by atoms with Gasteiger partial charge in [-0.25, -0.2) is 96.2 Å². The van der Waals surface area contributed by atoms with E-state index < -0.39 is 137 Å². The van der Waals surface area contributed by atoms with Crippen LogP contribution in [0, 0.1) is 115 Å². The number of nitrogens with zero attached hydrogens (tertiary/aromatic N) is 22. The number of benzene rings is 5. The van der Waals surface area contributed by atoms with Gasteiger partial charge in [0, 0.05) is 91.5 Å². The molecule has 43 heteroatoms. The fourth-order valence-electron chi connectivity index (χ4n) is 17.9. The first kappa shape index (κ1) is 92.9. The predicted octanol–water partition coefficient (Wildman–Crippen LogP) is 11.3. The van der Waals surface area contributed by atoms with E-state index in [0.717, 1.165) is 91.0 Å². The van der Waals surface area contributed by atoms with Crippen LogP contribution in [-0.4, -0.2) is 186 Å². The summed E-state index contributed by atoms with van der Waals surface area (Å²) in [6.45, 7) is 11.4. The van der Waals surface area contributed by atoms with Gasteiger partial charge in [-0.1, -0.05) is 0 Å². The number of hydrogen-bond donors (Lipinski definition) is 7. The summed E-state index contributed by atoms with van der Waals surface area (Å²) in [4.78, 5) is 66.8. The number of aliphatic hydroxyl groups is 5. The van der Waals surface area contributed by atoms with Crippen LogP contribution in [-0.2, 0) is 4.74 Å². The molecule has 1 unspecified atom stereocenters. The van der Waals surface area contributed by atoms with Gasteiger partial charge in [-0.2, -0.15) is 36.0 Å². The molecule has 9 N–H and O–H groups in total. The first-order chi connectivity index (χ1) is 64.5. The lowest BCUT2D eigenvalue weighted by molar-refractivity contribution is 0.0527. The van der Waals surface area contributed by atoms with Crippen LogP contribution in [0.4, 0.5) is 73.0 Å². The number of nitriles is 2. The fraction of sp³-hybridized carbons (Fsp3) is 0.293. The molecular weight excluding hydrogens is 1780 g/mol. The van der Waals surface area contributed by atoms with Crippen molar-refractivity contribution in [3.05, 3.63) is 295 Å². The van der Waals surface area contributed by atoms with E-state index in [2.05, 4.69) is 62.6 Å². The molecule has 696 valence electrons. The molecule has 10 aromatic heterocycles. The zero-order valence-corrected chi connectivity index (χ0v) is 72.6. The maximum absolute atomic E-state index is 14.4. The number of esters is 1. The quantitative estimate of drug-likeness (QED) is 0.0393. The highest BCUT2D eigenvalue weighted by atomic mass is 19.2. The largest absolute Gasteiger partial charge is 0.462 e. The molecule has 5 fully saturated rings. The number of carbonyl (C=O) groups is 3. The molecular formula is C92H84F10N24O9. The summed E-state index contributed by atoms with van der Waals surface area (Å²) >= 11 is 0. The third kappa shape index (κ3) is 18.7. The summed E-state index contributed by atoms with van der Waals surface area (Å²) in [6.07, 6.45) is 5.84. The smallest absolute Gasteiger partial charge is 0.343 e. The van der Waals surface area contributed by atoms with E-state index in [1.54, 1.807) is 127 Å². The number of rotatable bonds is 14. The number of carbonyl (C=O) groups excluding carboxylic acids is 3. The summed E-state index contributed by atoms with van der Waals surface area (Å²) in [5.74, 6) is -5.11. The van der Waals surface area contributed by atoms with Gasteiger partial charge in [0.1, 0.15) is 127 Å². The second kappa shape index (κ2) is 38.1.